The Morgan fingerprint density at radius 1 is 1.36 bits per heavy atom. The third-order valence-corrected chi connectivity index (χ3v) is 3.66. The number of hydrogen-bond donors (Lipinski definition) is 1. The summed E-state index contributed by atoms with van der Waals surface area (Å²) in [4.78, 5) is 4.49. The van der Waals surface area contributed by atoms with E-state index in [2.05, 4.69) is 17.1 Å². The zero-order valence-corrected chi connectivity index (χ0v) is 8.42. The van der Waals surface area contributed by atoms with Crippen LogP contribution in [0.5, 0.6) is 0 Å². The molecule has 0 radical (unpaired) electrons. The number of aromatic nitrogens is 2. The zero-order valence-electron chi connectivity index (χ0n) is 8.42. The second-order valence-corrected chi connectivity index (χ2v) is 4.97. The first-order valence-electron chi connectivity index (χ1n) is 5.23. The Balaban J connectivity index is 1.91. The molecule has 0 unspecified atom stereocenters. The van der Waals surface area contributed by atoms with Crippen LogP contribution in [-0.4, -0.2) is 16.7 Å². The van der Waals surface area contributed by atoms with E-state index in [0.717, 1.165) is 24.6 Å². The molecular weight excluding hydrogens is 178 g/mol. The Labute approximate surface area is 82.9 Å². The number of rotatable bonds is 3. The largest absolute Gasteiger partial charge is 0.339 e. The van der Waals surface area contributed by atoms with Crippen LogP contribution in [0.3, 0.4) is 0 Å². The van der Waals surface area contributed by atoms with Crippen LogP contribution in [0.2, 0.25) is 0 Å². The van der Waals surface area contributed by atoms with E-state index in [0.29, 0.717) is 6.54 Å². The highest BCUT2D eigenvalue weighted by Gasteiger charge is 2.50. The van der Waals surface area contributed by atoms with Crippen LogP contribution in [0.4, 0.5) is 0 Å². The van der Waals surface area contributed by atoms with Crippen LogP contribution in [0, 0.1) is 0 Å². The molecule has 0 aliphatic heterocycles. The summed E-state index contributed by atoms with van der Waals surface area (Å²) in [6.45, 7) is 2.81. The van der Waals surface area contributed by atoms with Gasteiger partial charge in [-0.15, -0.1) is 0 Å². The molecule has 3 rings (SSSR count). The van der Waals surface area contributed by atoms with Crippen LogP contribution < -0.4 is 5.73 Å². The molecule has 1 aromatic rings. The van der Waals surface area contributed by atoms with E-state index in [1.54, 1.807) is 0 Å². The average molecular weight is 193 g/mol. The lowest BCUT2D eigenvalue weighted by molar-refractivity contribution is 0.341. The highest BCUT2D eigenvalue weighted by atomic mass is 16.5. The number of hydrogen-bond acceptors (Lipinski definition) is 4. The van der Waals surface area contributed by atoms with Crippen molar-refractivity contribution < 1.29 is 4.52 Å². The van der Waals surface area contributed by atoms with Crippen LogP contribution in [0.1, 0.15) is 44.3 Å². The first-order valence-corrected chi connectivity index (χ1v) is 5.23. The molecule has 0 atom stereocenters. The Bertz CT molecular complexity index is 363. The van der Waals surface area contributed by atoms with E-state index in [1.165, 1.54) is 12.8 Å². The normalized spacial score (nSPS) is 26.1. The fourth-order valence-corrected chi connectivity index (χ4v) is 1.75. The predicted molar refractivity (Wildman–Crippen MR) is 50.9 cm³/mol. The lowest BCUT2D eigenvalue weighted by atomic mass is 10.1. The molecule has 14 heavy (non-hydrogen) atoms. The molecule has 0 amide bonds. The summed E-state index contributed by atoms with van der Waals surface area (Å²) in [6.07, 6.45) is 4.56. The topological polar surface area (TPSA) is 64.9 Å². The van der Waals surface area contributed by atoms with Crippen molar-refractivity contribution in [2.24, 2.45) is 5.73 Å². The Kier molecular flexibility index (Phi) is 1.42. The molecular formula is C10H15N3O. The molecule has 2 saturated carbocycles. The van der Waals surface area contributed by atoms with Crippen LogP contribution in [0.25, 0.3) is 0 Å². The van der Waals surface area contributed by atoms with Gasteiger partial charge in [0.2, 0.25) is 5.89 Å². The molecule has 0 aromatic carbocycles. The zero-order chi connectivity index (χ0) is 9.81. The summed E-state index contributed by atoms with van der Waals surface area (Å²) >= 11 is 0. The fourth-order valence-electron chi connectivity index (χ4n) is 1.75. The number of nitrogens with two attached hydrogens (primary N) is 1. The van der Waals surface area contributed by atoms with Gasteiger partial charge >= 0.3 is 0 Å². The molecule has 76 valence electrons. The Morgan fingerprint density at radius 2 is 2.07 bits per heavy atom. The molecule has 2 aliphatic carbocycles. The maximum absolute atomic E-state index is 5.71. The highest BCUT2D eigenvalue weighted by Crippen LogP contribution is 2.49. The lowest BCUT2D eigenvalue weighted by Crippen LogP contribution is -2.20. The first-order chi connectivity index (χ1) is 6.69. The van der Waals surface area contributed by atoms with Crippen molar-refractivity contribution in [1.82, 2.24) is 10.1 Å². The van der Waals surface area contributed by atoms with E-state index in [1.807, 2.05) is 0 Å². The van der Waals surface area contributed by atoms with Crippen molar-refractivity contribution in [2.45, 2.75) is 43.4 Å². The molecule has 0 bridgehead atoms. The first kappa shape index (κ1) is 8.41. The maximum atomic E-state index is 5.71. The van der Waals surface area contributed by atoms with E-state index in [-0.39, 0.29) is 10.8 Å². The fraction of sp³-hybridized carbons (Fsp3) is 0.800. The van der Waals surface area contributed by atoms with Crippen molar-refractivity contribution in [3.8, 4) is 0 Å². The van der Waals surface area contributed by atoms with Gasteiger partial charge in [0.1, 0.15) is 0 Å². The summed E-state index contributed by atoms with van der Waals surface area (Å²) in [7, 11) is 0. The van der Waals surface area contributed by atoms with Gasteiger partial charge in [0.05, 0.1) is 5.41 Å². The minimum Gasteiger partial charge on any atom is -0.339 e. The summed E-state index contributed by atoms with van der Waals surface area (Å²) in [5.41, 5.74) is 5.95. The van der Waals surface area contributed by atoms with Crippen LogP contribution in [-0.2, 0) is 10.8 Å². The van der Waals surface area contributed by atoms with Crippen LogP contribution >= 0.6 is 0 Å². The van der Waals surface area contributed by atoms with Gasteiger partial charge in [-0.2, -0.15) is 4.98 Å². The molecule has 0 spiro atoms. The van der Waals surface area contributed by atoms with Gasteiger partial charge < -0.3 is 10.3 Å². The van der Waals surface area contributed by atoms with Gasteiger partial charge in [-0.1, -0.05) is 12.1 Å². The summed E-state index contributed by atoms with van der Waals surface area (Å²) < 4.78 is 5.31. The molecule has 4 heteroatoms. The van der Waals surface area contributed by atoms with Crippen molar-refractivity contribution in [3.05, 3.63) is 11.7 Å². The second kappa shape index (κ2) is 2.37. The molecule has 0 saturated heterocycles. The molecule has 1 heterocycles. The monoisotopic (exact) mass is 193 g/mol. The van der Waals surface area contributed by atoms with Gasteiger partial charge in [0, 0.05) is 12.0 Å². The standard InChI is InChI=1S/C10H15N3O/c1-9(2-3-9)7-12-8(14-13-7)10(6-11)4-5-10/h2-6,11H2,1H3. The smallest absolute Gasteiger partial charge is 0.234 e. The van der Waals surface area contributed by atoms with Crippen LogP contribution in [0.15, 0.2) is 4.52 Å². The van der Waals surface area contributed by atoms with Crippen molar-refractivity contribution in [2.75, 3.05) is 6.54 Å². The van der Waals surface area contributed by atoms with Gasteiger partial charge in [0.15, 0.2) is 5.82 Å². The van der Waals surface area contributed by atoms with Gasteiger partial charge in [-0.25, -0.2) is 0 Å². The Morgan fingerprint density at radius 3 is 2.57 bits per heavy atom. The summed E-state index contributed by atoms with van der Waals surface area (Å²) in [6, 6.07) is 0. The highest BCUT2D eigenvalue weighted by molar-refractivity contribution is 5.20. The molecule has 2 fully saturated rings. The SMILES string of the molecule is CC1(c2noc(C3(CN)CC3)n2)CC1. The quantitative estimate of drug-likeness (QED) is 0.781. The molecule has 4 nitrogen and oxygen atoms in total. The second-order valence-electron chi connectivity index (χ2n) is 4.97. The van der Waals surface area contributed by atoms with Crippen molar-refractivity contribution >= 4 is 0 Å². The van der Waals surface area contributed by atoms with Crippen molar-refractivity contribution in [3.63, 3.8) is 0 Å². The Hall–Kier alpha value is -0.900. The van der Waals surface area contributed by atoms with Gasteiger partial charge in [-0.05, 0) is 25.7 Å². The van der Waals surface area contributed by atoms with E-state index >= 15 is 0 Å². The minimum atomic E-state index is 0.0382. The van der Waals surface area contributed by atoms with E-state index < -0.39 is 0 Å². The third kappa shape index (κ3) is 1.03. The molecule has 2 N–H and O–H groups in total. The summed E-state index contributed by atoms with van der Waals surface area (Å²) in [5, 5.41) is 4.06. The third-order valence-electron chi connectivity index (χ3n) is 3.66. The molecule has 2 aliphatic rings. The number of nitrogens with zero attached hydrogens (tertiary/aromatic N) is 2. The van der Waals surface area contributed by atoms with E-state index in [4.69, 9.17) is 10.3 Å². The summed E-state index contributed by atoms with van der Waals surface area (Å²) in [5.74, 6) is 1.65. The van der Waals surface area contributed by atoms with Crippen molar-refractivity contribution in [1.29, 1.82) is 0 Å². The average Bonchev–Trinajstić information content (AvgIpc) is 3.09. The maximum Gasteiger partial charge on any atom is 0.234 e. The minimum absolute atomic E-state index is 0.0382. The van der Waals surface area contributed by atoms with Gasteiger partial charge in [-0.3, -0.25) is 0 Å². The molecule has 1 aromatic heterocycles. The lowest BCUT2D eigenvalue weighted by Gasteiger charge is -2.04. The van der Waals surface area contributed by atoms with E-state index in [9.17, 15) is 0 Å². The predicted octanol–water partition coefficient (Wildman–Crippen LogP) is 1.11. The van der Waals surface area contributed by atoms with Gasteiger partial charge in [0.25, 0.3) is 0 Å².